The Bertz CT molecular complexity index is 642. The molecule has 4 nitrogen and oxygen atoms in total. The predicted molar refractivity (Wildman–Crippen MR) is 82.9 cm³/mol. The molecule has 0 spiro atoms. The first-order chi connectivity index (χ1) is 9.51. The van der Waals surface area contributed by atoms with Gasteiger partial charge >= 0.3 is 0 Å². The average molecular weight is 310 g/mol. The fraction of sp³-hybridized carbons (Fsp3) is 0.143. The molecule has 1 heterocycles. The van der Waals surface area contributed by atoms with Crippen LogP contribution in [-0.2, 0) is 0 Å². The lowest BCUT2D eigenvalue weighted by atomic mass is 10.2. The van der Waals surface area contributed by atoms with Crippen molar-refractivity contribution in [2.24, 2.45) is 0 Å². The summed E-state index contributed by atoms with van der Waals surface area (Å²) < 4.78 is 0. The molecular weight excluding hydrogens is 297 g/mol. The van der Waals surface area contributed by atoms with Crippen LogP contribution >= 0.6 is 23.2 Å². The van der Waals surface area contributed by atoms with Crippen molar-refractivity contribution in [1.29, 1.82) is 0 Å². The third-order valence-electron chi connectivity index (χ3n) is 2.78. The highest BCUT2D eigenvalue weighted by Gasteiger charge is 2.10. The zero-order valence-electron chi connectivity index (χ0n) is 11.0. The fourth-order valence-electron chi connectivity index (χ4n) is 1.61. The van der Waals surface area contributed by atoms with E-state index in [0.717, 1.165) is 5.56 Å². The number of hydrogen-bond donors (Lipinski definition) is 2. The van der Waals surface area contributed by atoms with E-state index < -0.39 is 0 Å². The molecule has 0 fully saturated rings. The molecule has 0 atom stereocenters. The Balaban J connectivity index is 2.20. The van der Waals surface area contributed by atoms with Gasteiger partial charge in [-0.1, -0.05) is 23.2 Å². The zero-order valence-corrected chi connectivity index (χ0v) is 12.5. The second kappa shape index (κ2) is 6.11. The van der Waals surface area contributed by atoms with Crippen LogP contribution in [0.5, 0.6) is 0 Å². The van der Waals surface area contributed by atoms with Gasteiger partial charge in [-0.25, -0.2) is 4.98 Å². The zero-order chi connectivity index (χ0) is 14.7. The molecule has 0 aliphatic heterocycles. The number of nitrogens with one attached hydrogen (secondary N) is 2. The lowest BCUT2D eigenvalue weighted by molar-refractivity contribution is 0.102. The molecule has 0 saturated carbocycles. The summed E-state index contributed by atoms with van der Waals surface area (Å²) in [6.07, 6.45) is 1.49. The molecule has 2 aromatic rings. The van der Waals surface area contributed by atoms with Gasteiger partial charge < -0.3 is 10.6 Å². The van der Waals surface area contributed by atoms with Crippen LogP contribution < -0.4 is 10.6 Å². The van der Waals surface area contributed by atoms with Crippen molar-refractivity contribution in [2.75, 3.05) is 17.7 Å². The average Bonchev–Trinajstić information content (AvgIpc) is 2.44. The van der Waals surface area contributed by atoms with Crippen LogP contribution in [0.2, 0.25) is 10.0 Å². The van der Waals surface area contributed by atoms with E-state index in [-0.39, 0.29) is 5.91 Å². The third kappa shape index (κ3) is 3.21. The number of aromatic nitrogens is 1. The summed E-state index contributed by atoms with van der Waals surface area (Å²) in [5.74, 6) is 0.403. The van der Waals surface area contributed by atoms with Crippen LogP contribution in [0.25, 0.3) is 0 Å². The first-order valence-electron chi connectivity index (χ1n) is 5.92. The van der Waals surface area contributed by atoms with Crippen LogP contribution in [0.15, 0.2) is 30.5 Å². The van der Waals surface area contributed by atoms with Gasteiger partial charge in [0, 0.05) is 18.3 Å². The smallest absolute Gasteiger partial charge is 0.257 e. The largest absolute Gasteiger partial charge is 0.373 e. The van der Waals surface area contributed by atoms with E-state index in [1.165, 1.54) is 6.20 Å². The third-order valence-corrected chi connectivity index (χ3v) is 3.50. The SMILES string of the molecule is CNc1ccc(C(=O)Nc2cc(Cl)c(C)cc2Cl)cn1. The standard InChI is InChI=1S/C14H13Cl2N3O/c1-8-5-11(16)12(6-10(8)15)19-14(20)9-3-4-13(17-2)18-7-9/h3-7H,1-2H3,(H,17,18)(H,19,20). The molecule has 2 rings (SSSR count). The molecule has 0 unspecified atom stereocenters. The maximum absolute atomic E-state index is 12.1. The van der Waals surface area contributed by atoms with Gasteiger partial charge in [0.1, 0.15) is 5.82 Å². The number of aryl methyl sites for hydroxylation is 1. The summed E-state index contributed by atoms with van der Waals surface area (Å²) in [6, 6.07) is 6.74. The number of halogens is 2. The van der Waals surface area contributed by atoms with Crippen molar-refractivity contribution in [3.8, 4) is 0 Å². The molecule has 104 valence electrons. The fourth-order valence-corrected chi connectivity index (χ4v) is 2.04. The Morgan fingerprint density at radius 2 is 1.95 bits per heavy atom. The normalized spacial score (nSPS) is 10.2. The predicted octanol–water partition coefficient (Wildman–Crippen LogP) is 3.99. The number of nitrogens with zero attached hydrogens (tertiary/aromatic N) is 1. The molecular formula is C14H13Cl2N3O. The number of rotatable bonds is 3. The van der Waals surface area contributed by atoms with E-state index >= 15 is 0 Å². The minimum atomic E-state index is -0.290. The molecule has 1 aromatic heterocycles. The Labute approximate surface area is 127 Å². The van der Waals surface area contributed by atoms with Gasteiger partial charge in [-0.05, 0) is 36.8 Å². The molecule has 20 heavy (non-hydrogen) atoms. The van der Waals surface area contributed by atoms with E-state index in [1.54, 1.807) is 31.3 Å². The van der Waals surface area contributed by atoms with Gasteiger partial charge in [-0.15, -0.1) is 0 Å². The van der Waals surface area contributed by atoms with Crippen molar-refractivity contribution in [1.82, 2.24) is 4.98 Å². The number of anilines is 2. The van der Waals surface area contributed by atoms with Crippen LogP contribution in [0.1, 0.15) is 15.9 Å². The Kier molecular flexibility index (Phi) is 4.47. The highest BCUT2D eigenvalue weighted by Crippen LogP contribution is 2.29. The van der Waals surface area contributed by atoms with Gasteiger partial charge in [0.05, 0.1) is 16.3 Å². The summed E-state index contributed by atoms with van der Waals surface area (Å²) in [5.41, 5.74) is 1.77. The summed E-state index contributed by atoms with van der Waals surface area (Å²) in [7, 11) is 1.76. The van der Waals surface area contributed by atoms with Crippen LogP contribution in [-0.4, -0.2) is 17.9 Å². The van der Waals surface area contributed by atoms with E-state index in [0.29, 0.717) is 27.1 Å². The number of carbonyl (C=O) groups is 1. The highest BCUT2D eigenvalue weighted by atomic mass is 35.5. The number of carbonyl (C=O) groups excluding carboxylic acids is 1. The Morgan fingerprint density at radius 1 is 1.20 bits per heavy atom. The van der Waals surface area contributed by atoms with Gasteiger partial charge in [-0.3, -0.25) is 4.79 Å². The Hall–Kier alpha value is -1.78. The van der Waals surface area contributed by atoms with E-state index in [9.17, 15) is 4.79 Å². The molecule has 6 heteroatoms. The lowest BCUT2D eigenvalue weighted by Gasteiger charge is -2.09. The van der Waals surface area contributed by atoms with Crippen LogP contribution in [0, 0.1) is 6.92 Å². The Morgan fingerprint density at radius 3 is 2.55 bits per heavy atom. The van der Waals surface area contributed by atoms with E-state index in [1.807, 2.05) is 6.92 Å². The van der Waals surface area contributed by atoms with Gasteiger partial charge in [0.2, 0.25) is 0 Å². The maximum atomic E-state index is 12.1. The first-order valence-corrected chi connectivity index (χ1v) is 6.67. The number of pyridine rings is 1. The van der Waals surface area contributed by atoms with E-state index in [4.69, 9.17) is 23.2 Å². The topological polar surface area (TPSA) is 54.0 Å². The second-order valence-electron chi connectivity index (χ2n) is 4.22. The molecule has 0 bridgehead atoms. The summed E-state index contributed by atoms with van der Waals surface area (Å²) in [6.45, 7) is 1.85. The molecule has 0 saturated heterocycles. The van der Waals surface area contributed by atoms with Crippen molar-refractivity contribution < 1.29 is 4.79 Å². The molecule has 2 N–H and O–H groups in total. The number of hydrogen-bond acceptors (Lipinski definition) is 3. The van der Waals surface area contributed by atoms with Crippen molar-refractivity contribution >= 4 is 40.6 Å². The van der Waals surface area contributed by atoms with Crippen molar-refractivity contribution in [3.05, 3.63) is 51.6 Å². The number of benzene rings is 1. The molecule has 1 amide bonds. The second-order valence-corrected chi connectivity index (χ2v) is 5.03. The minimum Gasteiger partial charge on any atom is -0.373 e. The summed E-state index contributed by atoms with van der Waals surface area (Å²) >= 11 is 12.1. The van der Waals surface area contributed by atoms with Gasteiger partial charge in [0.15, 0.2) is 0 Å². The first kappa shape index (κ1) is 14.6. The molecule has 0 radical (unpaired) electrons. The molecule has 1 aromatic carbocycles. The van der Waals surface area contributed by atoms with Crippen LogP contribution in [0.3, 0.4) is 0 Å². The van der Waals surface area contributed by atoms with Crippen LogP contribution in [0.4, 0.5) is 11.5 Å². The highest BCUT2D eigenvalue weighted by molar-refractivity contribution is 6.36. The lowest BCUT2D eigenvalue weighted by Crippen LogP contribution is -2.12. The number of amides is 1. The molecule has 0 aliphatic rings. The maximum Gasteiger partial charge on any atom is 0.257 e. The molecule has 0 aliphatic carbocycles. The van der Waals surface area contributed by atoms with Gasteiger partial charge in [0.25, 0.3) is 5.91 Å². The summed E-state index contributed by atoms with van der Waals surface area (Å²) in [4.78, 5) is 16.2. The summed E-state index contributed by atoms with van der Waals surface area (Å²) in [5, 5.41) is 6.59. The monoisotopic (exact) mass is 309 g/mol. The minimum absolute atomic E-state index is 0.290. The van der Waals surface area contributed by atoms with Gasteiger partial charge in [-0.2, -0.15) is 0 Å². The van der Waals surface area contributed by atoms with Crippen molar-refractivity contribution in [2.45, 2.75) is 6.92 Å². The quantitative estimate of drug-likeness (QED) is 0.901. The van der Waals surface area contributed by atoms with Crippen molar-refractivity contribution in [3.63, 3.8) is 0 Å². The van der Waals surface area contributed by atoms with E-state index in [2.05, 4.69) is 15.6 Å².